The summed E-state index contributed by atoms with van der Waals surface area (Å²) < 4.78 is -0.194. The molecule has 0 heterocycles. The van der Waals surface area contributed by atoms with Crippen LogP contribution in [0.4, 0.5) is 0 Å². The van der Waals surface area contributed by atoms with Gasteiger partial charge in [-0.05, 0) is 29.4 Å². The van der Waals surface area contributed by atoms with E-state index in [1.807, 2.05) is 49.4 Å². The molecule has 1 aromatic rings. The number of carbonyl (C=O) groups is 1. The molecule has 1 aliphatic carbocycles. The summed E-state index contributed by atoms with van der Waals surface area (Å²) in [6.45, 7) is 2.05. The van der Waals surface area contributed by atoms with E-state index >= 15 is 0 Å². The topological polar surface area (TPSA) is 37.3 Å². The molecule has 0 aliphatic heterocycles. The van der Waals surface area contributed by atoms with Crippen molar-refractivity contribution < 1.29 is 9.90 Å². The molecule has 0 aromatic heterocycles. The number of halogens is 1. The molecular weight excluding hydrogens is 370 g/mol. The van der Waals surface area contributed by atoms with E-state index < -0.39 is 5.97 Å². The number of rotatable bonds is 2. The Hall–Kier alpha value is -0.930. The van der Waals surface area contributed by atoms with Crippen molar-refractivity contribution >= 4 is 48.7 Å². The van der Waals surface area contributed by atoms with Gasteiger partial charge in [0.15, 0.2) is 0 Å². The van der Waals surface area contributed by atoms with E-state index in [2.05, 4.69) is 31.8 Å². The van der Waals surface area contributed by atoms with Crippen molar-refractivity contribution in [1.29, 1.82) is 0 Å². The first-order chi connectivity index (χ1) is 8.89. The Balaban J connectivity index is 2.57. The maximum atomic E-state index is 11.4. The lowest BCUT2D eigenvalue weighted by molar-refractivity contribution is -0.132. The summed E-state index contributed by atoms with van der Waals surface area (Å²) >= 11 is 2.30. The Kier molecular flexibility index (Phi) is 4.26. The van der Waals surface area contributed by atoms with Crippen molar-refractivity contribution in [2.45, 2.75) is 10.3 Å². The lowest BCUT2D eigenvalue weighted by atomic mass is 9.95. The number of alkyl halides is 1. The molecule has 98 valence electrons. The van der Waals surface area contributed by atoms with Crippen LogP contribution in [-0.4, -0.2) is 14.5 Å². The number of carboxylic acids is 1. The maximum Gasteiger partial charge on any atom is 0.336 e. The molecule has 1 aromatic carbocycles. The average molecular weight is 384 g/mol. The average Bonchev–Trinajstić information content (AvgIpc) is 2.48. The molecule has 1 N–H and O–H groups in total. The predicted octanol–water partition coefficient (Wildman–Crippen LogP) is 3.34. The molecule has 0 bridgehead atoms. The summed E-state index contributed by atoms with van der Waals surface area (Å²) in [6.07, 6.45) is 7.46. The Morgan fingerprint density at radius 3 is 2.53 bits per heavy atom. The Bertz CT molecular complexity index is 595. The van der Waals surface area contributed by atoms with Gasteiger partial charge in [-0.15, -0.1) is 9.24 Å². The van der Waals surface area contributed by atoms with Crippen molar-refractivity contribution in [2.24, 2.45) is 0 Å². The highest BCUT2D eigenvalue weighted by Crippen LogP contribution is 2.33. The SMILES string of the molecule is CC1(I)C=CC=C(C(=O)O)C(c2ccc(P)cc2)=C1. The highest BCUT2D eigenvalue weighted by molar-refractivity contribution is 14.1. The van der Waals surface area contributed by atoms with Gasteiger partial charge in [-0.3, -0.25) is 0 Å². The molecule has 4 heteroatoms. The van der Waals surface area contributed by atoms with Gasteiger partial charge in [-0.25, -0.2) is 4.79 Å². The standard InChI is InChI=1S/C15H14IO2P/c1-15(16)8-2-3-12(14(17)18)13(9-15)10-4-6-11(19)7-5-10/h2-9H,19H2,1H3,(H,17,18). The van der Waals surface area contributed by atoms with Crippen LogP contribution in [0.2, 0.25) is 0 Å². The first kappa shape index (κ1) is 14.5. The number of allylic oxidation sites excluding steroid dienone is 4. The molecule has 2 nitrogen and oxygen atoms in total. The molecule has 0 radical (unpaired) electrons. The van der Waals surface area contributed by atoms with Crippen LogP contribution in [0.25, 0.3) is 5.57 Å². The predicted molar refractivity (Wildman–Crippen MR) is 91.0 cm³/mol. The largest absolute Gasteiger partial charge is 0.478 e. The zero-order chi connectivity index (χ0) is 14.0. The highest BCUT2D eigenvalue weighted by Gasteiger charge is 2.22. The minimum Gasteiger partial charge on any atom is -0.478 e. The van der Waals surface area contributed by atoms with E-state index in [1.165, 1.54) is 0 Å². The second-order valence-corrected chi connectivity index (χ2v) is 7.57. The van der Waals surface area contributed by atoms with Crippen molar-refractivity contribution in [2.75, 3.05) is 0 Å². The van der Waals surface area contributed by atoms with Crippen LogP contribution in [0.1, 0.15) is 12.5 Å². The fraction of sp³-hybridized carbons (Fsp3) is 0.133. The van der Waals surface area contributed by atoms with E-state index in [1.54, 1.807) is 6.08 Å². The Morgan fingerprint density at radius 1 is 1.32 bits per heavy atom. The molecule has 0 saturated heterocycles. The van der Waals surface area contributed by atoms with Crippen LogP contribution in [0, 0.1) is 0 Å². The van der Waals surface area contributed by atoms with Crippen LogP contribution in [-0.2, 0) is 4.79 Å². The van der Waals surface area contributed by atoms with Gasteiger partial charge in [0, 0.05) is 0 Å². The lowest BCUT2D eigenvalue weighted by Crippen LogP contribution is -2.09. The van der Waals surface area contributed by atoms with Gasteiger partial charge in [0.05, 0.1) is 8.99 Å². The fourth-order valence-electron chi connectivity index (χ4n) is 1.92. The number of aliphatic carboxylic acids is 1. The van der Waals surface area contributed by atoms with Gasteiger partial charge >= 0.3 is 5.97 Å². The molecule has 1 aliphatic rings. The minimum absolute atomic E-state index is 0.194. The molecule has 0 fully saturated rings. The van der Waals surface area contributed by atoms with Crippen LogP contribution in [0.5, 0.6) is 0 Å². The Labute approximate surface area is 128 Å². The molecule has 0 amide bonds. The van der Waals surface area contributed by atoms with Crippen LogP contribution < -0.4 is 5.30 Å². The summed E-state index contributed by atoms with van der Waals surface area (Å²) in [5.74, 6) is -0.903. The number of hydrogen-bond donors (Lipinski definition) is 1. The number of hydrogen-bond acceptors (Lipinski definition) is 1. The van der Waals surface area contributed by atoms with Gasteiger partial charge in [0.25, 0.3) is 0 Å². The maximum absolute atomic E-state index is 11.4. The number of carboxylic acid groups (broad SMARTS) is 1. The molecule has 2 rings (SSSR count). The fourth-order valence-corrected chi connectivity index (χ4v) is 2.63. The van der Waals surface area contributed by atoms with Gasteiger partial charge in [0.2, 0.25) is 0 Å². The Morgan fingerprint density at radius 2 is 1.95 bits per heavy atom. The van der Waals surface area contributed by atoms with Gasteiger partial charge in [-0.2, -0.15) is 0 Å². The third kappa shape index (κ3) is 3.54. The van der Waals surface area contributed by atoms with Crippen LogP contribution in [0.15, 0.2) is 54.1 Å². The van der Waals surface area contributed by atoms with E-state index in [9.17, 15) is 9.90 Å². The molecule has 0 saturated carbocycles. The molecule has 2 unspecified atom stereocenters. The van der Waals surface area contributed by atoms with E-state index in [-0.39, 0.29) is 3.42 Å². The molecular formula is C15H14IO2P. The van der Waals surface area contributed by atoms with Gasteiger partial charge < -0.3 is 5.11 Å². The zero-order valence-corrected chi connectivity index (χ0v) is 13.7. The third-order valence-electron chi connectivity index (χ3n) is 2.85. The van der Waals surface area contributed by atoms with E-state index in [0.29, 0.717) is 5.57 Å². The summed E-state index contributed by atoms with van der Waals surface area (Å²) in [5.41, 5.74) is 2.01. The first-order valence-electron chi connectivity index (χ1n) is 5.80. The van der Waals surface area contributed by atoms with Crippen molar-refractivity contribution in [3.05, 3.63) is 59.7 Å². The quantitative estimate of drug-likeness (QED) is 0.483. The normalized spacial score (nSPS) is 22.5. The van der Waals surface area contributed by atoms with Crippen molar-refractivity contribution in [3.8, 4) is 0 Å². The second-order valence-electron chi connectivity index (χ2n) is 4.58. The second kappa shape index (κ2) is 5.59. The van der Waals surface area contributed by atoms with E-state index in [0.717, 1.165) is 16.4 Å². The van der Waals surface area contributed by atoms with E-state index in [4.69, 9.17) is 0 Å². The first-order valence-corrected chi connectivity index (χ1v) is 7.45. The van der Waals surface area contributed by atoms with Crippen LogP contribution >= 0.6 is 31.8 Å². The van der Waals surface area contributed by atoms with Gasteiger partial charge in [-0.1, -0.05) is 65.1 Å². The van der Waals surface area contributed by atoms with Crippen LogP contribution in [0.3, 0.4) is 0 Å². The summed E-state index contributed by atoms with van der Waals surface area (Å²) in [4.78, 5) is 11.4. The smallest absolute Gasteiger partial charge is 0.336 e. The monoisotopic (exact) mass is 384 g/mol. The van der Waals surface area contributed by atoms with Gasteiger partial charge in [0.1, 0.15) is 0 Å². The van der Waals surface area contributed by atoms with Crippen molar-refractivity contribution in [1.82, 2.24) is 0 Å². The summed E-state index contributed by atoms with van der Waals surface area (Å²) in [6, 6.07) is 7.82. The summed E-state index contributed by atoms with van der Waals surface area (Å²) in [5, 5.41) is 10.4. The summed E-state index contributed by atoms with van der Waals surface area (Å²) in [7, 11) is 2.63. The zero-order valence-electron chi connectivity index (χ0n) is 10.4. The third-order valence-corrected chi connectivity index (χ3v) is 3.91. The minimum atomic E-state index is -0.903. The molecule has 0 spiro atoms. The molecule has 2 atom stereocenters. The lowest BCUT2D eigenvalue weighted by Gasteiger charge is -2.15. The number of benzene rings is 1. The van der Waals surface area contributed by atoms with Crippen molar-refractivity contribution in [3.63, 3.8) is 0 Å². The highest BCUT2D eigenvalue weighted by atomic mass is 127. The molecule has 19 heavy (non-hydrogen) atoms.